The molecule has 1 aliphatic heterocycles. The Morgan fingerprint density at radius 2 is 1.68 bits per heavy atom. The number of carboxylic acids is 2. The van der Waals surface area contributed by atoms with Gasteiger partial charge in [-0.2, -0.15) is 0 Å². The van der Waals surface area contributed by atoms with Crippen molar-refractivity contribution in [1.29, 1.82) is 0 Å². The molecule has 1 aliphatic carbocycles. The number of carbonyl (C=O) groups excluding carboxylic acids is 1. The lowest BCUT2D eigenvalue weighted by atomic mass is 9.74. The molecule has 1 fully saturated rings. The summed E-state index contributed by atoms with van der Waals surface area (Å²) in [6.45, 7) is 0. The lowest BCUT2D eigenvalue weighted by Gasteiger charge is -2.33. The highest BCUT2D eigenvalue weighted by molar-refractivity contribution is 6.04. The van der Waals surface area contributed by atoms with Gasteiger partial charge in [0, 0.05) is 11.6 Å². The van der Waals surface area contributed by atoms with Crippen molar-refractivity contribution < 1.29 is 29.0 Å². The van der Waals surface area contributed by atoms with Crippen LogP contribution < -0.4 is 5.32 Å². The van der Waals surface area contributed by atoms with E-state index in [4.69, 9.17) is 0 Å². The first-order valence-electron chi connectivity index (χ1n) is 8.16. The second kappa shape index (κ2) is 6.66. The lowest BCUT2D eigenvalue weighted by Crippen LogP contribution is -2.47. The summed E-state index contributed by atoms with van der Waals surface area (Å²) in [5.74, 6) is -6.74. The van der Waals surface area contributed by atoms with Gasteiger partial charge in [-0.05, 0) is 36.5 Å². The number of amides is 1. The Hall–Kier alpha value is -2.70. The van der Waals surface area contributed by atoms with Gasteiger partial charge in [0.15, 0.2) is 0 Å². The van der Waals surface area contributed by atoms with Gasteiger partial charge < -0.3 is 15.5 Å². The molecule has 2 unspecified atom stereocenters. The van der Waals surface area contributed by atoms with Crippen molar-refractivity contribution in [2.24, 2.45) is 11.8 Å². The zero-order chi connectivity index (χ0) is 18.1. The Morgan fingerprint density at radius 1 is 1.08 bits per heavy atom. The Morgan fingerprint density at radius 3 is 2.20 bits per heavy atom. The van der Waals surface area contributed by atoms with Crippen molar-refractivity contribution in [2.45, 2.75) is 31.6 Å². The molecule has 0 radical (unpaired) electrons. The summed E-state index contributed by atoms with van der Waals surface area (Å²) < 4.78 is 13.2. The van der Waals surface area contributed by atoms with Crippen LogP contribution in [-0.4, -0.2) is 28.1 Å². The monoisotopic (exact) mass is 347 g/mol. The molecule has 7 heteroatoms. The summed E-state index contributed by atoms with van der Waals surface area (Å²) in [7, 11) is 0. The maximum atomic E-state index is 13.2. The van der Waals surface area contributed by atoms with E-state index < -0.39 is 35.5 Å². The average Bonchev–Trinajstić information content (AvgIpc) is 3.08. The van der Waals surface area contributed by atoms with Gasteiger partial charge >= 0.3 is 11.9 Å². The minimum absolute atomic E-state index is 0.104. The molecule has 1 heterocycles. The smallest absolute Gasteiger partial charge is 0.334 e. The molecule has 1 aromatic carbocycles. The van der Waals surface area contributed by atoms with E-state index in [0.717, 1.165) is 37.8 Å². The summed E-state index contributed by atoms with van der Waals surface area (Å²) in [4.78, 5) is 36.1. The molecule has 0 aromatic heterocycles. The van der Waals surface area contributed by atoms with E-state index in [-0.39, 0.29) is 11.5 Å². The van der Waals surface area contributed by atoms with E-state index in [0.29, 0.717) is 11.3 Å². The normalized spacial score (nSPS) is 24.3. The fourth-order valence-electron chi connectivity index (χ4n) is 3.83. The Kier molecular flexibility index (Phi) is 4.57. The molecular formula is C18H18FNO5. The van der Waals surface area contributed by atoms with Crippen LogP contribution in [0.15, 0.2) is 35.5 Å². The number of carboxylic acid groups (broad SMARTS) is 2. The molecule has 3 N–H and O–H groups in total. The van der Waals surface area contributed by atoms with Crippen molar-refractivity contribution >= 4 is 17.8 Å². The van der Waals surface area contributed by atoms with Gasteiger partial charge in [-0.3, -0.25) is 9.59 Å². The van der Waals surface area contributed by atoms with Crippen LogP contribution in [0.3, 0.4) is 0 Å². The maximum absolute atomic E-state index is 13.2. The largest absolute Gasteiger partial charge is 0.481 e. The summed E-state index contributed by atoms with van der Waals surface area (Å²) in [5, 5.41) is 21.8. The van der Waals surface area contributed by atoms with E-state index in [1.807, 2.05) is 0 Å². The third-order valence-corrected chi connectivity index (χ3v) is 4.96. The number of allylic oxidation sites excluding steroid dienone is 1. The summed E-state index contributed by atoms with van der Waals surface area (Å²) in [5.41, 5.74) is 0.504. The summed E-state index contributed by atoms with van der Waals surface area (Å²) >= 11 is 0. The molecule has 1 amide bonds. The number of rotatable bonds is 4. The minimum atomic E-state index is -1.57. The van der Waals surface area contributed by atoms with Gasteiger partial charge in [0.05, 0.1) is 5.57 Å². The van der Waals surface area contributed by atoms with Crippen molar-refractivity contribution in [2.75, 3.05) is 0 Å². The summed E-state index contributed by atoms with van der Waals surface area (Å²) in [6, 6.07) is 4.94. The molecule has 0 spiro atoms. The molecule has 2 aliphatic rings. The first kappa shape index (κ1) is 17.1. The number of nitrogens with one attached hydrogen (secondary N) is 1. The first-order chi connectivity index (χ1) is 11.9. The second-order valence-electron chi connectivity index (χ2n) is 6.45. The van der Waals surface area contributed by atoms with Crippen LogP contribution >= 0.6 is 0 Å². The van der Waals surface area contributed by atoms with E-state index in [1.54, 1.807) is 0 Å². The fraction of sp³-hybridized carbons (Fsp3) is 0.389. The minimum Gasteiger partial charge on any atom is -0.481 e. The second-order valence-corrected chi connectivity index (χ2v) is 6.45. The van der Waals surface area contributed by atoms with Gasteiger partial charge in [0.25, 0.3) is 0 Å². The van der Waals surface area contributed by atoms with Gasteiger partial charge in [-0.1, -0.05) is 25.0 Å². The van der Waals surface area contributed by atoms with Gasteiger partial charge in [-0.15, -0.1) is 0 Å². The number of benzene rings is 1. The van der Waals surface area contributed by atoms with Crippen molar-refractivity contribution in [3.8, 4) is 0 Å². The molecule has 6 nitrogen and oxygen atoms in total. The Bertz CT molecular complexity index is 749. The highest BCUT2D eigenvalue weighted by Gasteiger charge is 2.47. The quantitative estimate of drug-likeness (QED) is 0.725. The van der Waals surface area contributed by atoms with Crippen molar-refractivity contribution in [1.82, 2.24) is 5.32 Å². The molecule has 132 valence electrons. The molecule has 2 atom stereocenters. The van der Waals surface area contributed by atoms with Crippen molar-refractivity contribution in [3.05, 3.63) is 46.9 Å². The molecule has 25 heavy (non-hydrogen) atoms. The van der Waals surface area contributed by atoms with Crippen LogP contribution in [0.2, 0.25) is 0 Å². The number of hydrogen-bond acceptors (Lipinski definition) is 3. The SMILES string of the molecule is O=C(O)C1=C(C2CCCC2)NC(=O)C(C(=O)O)C1c1ccc(F)cc1. The van der Waals surface area contributed by atoms with Crippen molar-refractivity contribution in [3.63, 3.8) is 0 Å². The molecule has 1 saturated carbocycles. The van der Waals surface area contributed by atoms with Crippen LogP contribution in [0.25, 0.3) is 0 Å². The Labute approximate surface area is 143 Å². The van der Waals surface area contributed by atoms with Gasteiger partial charge in [0.2, 0.25) is 5.91 Å². The lowest BCUT2D eigenvalue weighted by molar-refractivity contribution is -0.148. The molecule has 0 saturated heterocycles. The third kappa shape index (κ3) is 3.14. The highest BCUT2D eigenvalue weighted by Crippen LogP contribution is 2.42. The van der Waals surface area contributed by atoms with Crippen LogP contribution in [0.4, 0.5) is 4.39 Å². The van der Waals surface area contributed by atoms with E-state index >= 15 is 0 Å². The zero-order valence-electron chi connectivity index (χ0n) is 13.4. The number of aliphatic carboxylic acids is 2. The topological polar surface area (TPSA) is 104 Å². The van der Waals surface area contributed by atoms with E-state index in [2.05, 4.69) is 5.32 Å². The molecule has 0 bridgehead atoms. The van der Waals surface area contributed by atoms with Crippen LogP contribution in [-0.2, 0) is 14.4 Å². The fourth-order valence-corrected chi connectivity index (χ4v) is 3.83. The van der Waals surface area contributed by atoms with Gasteiger partial charge in [-0.25, -0.2) is 9.18 Å². The predicted molar refractivity (Wildman–Crippen MR) is 85.0 cm³/mol. The number of halogens is 1. The molecular weight excluding hydrogens is 329 g/mol. The first-order valence-corrected chi connectivity index (χ1v) is 8.16. The Balaban J connectivity index is 2.19. The number of carbonyl (C=O) groups is 3. The summed E-state index contributed by atoms with van der Waals surface area (Å²) in [6.07, 6.45) is 3.36. The van der Waals surface area contributed by atoms with Crippen LogP contribution in [0.1, 0.15) is 37.2 Å². The van der Waals surface area contributed by atoms with Crippen LogP contribution in [0.5, 0.6) is 0 Å². The van der Waals surface area contributed by atoms with E-state index in [1.165, 1.54) is 12.1 Å². The van der Waals surface area contributed by atoms with Crippen LogP contribution in [0, 0.1) is 17.7 Å². The predicted octanol–water partition coefficient (Wildman–Crippen LogP) is 2.27. The average molecular weight is 347 g/mol. The zero-order valence-corrected chi connectivity index (χ0v) is 13.4. The molecule has 1 aromatic rings. The maximum Gasteiger partial charge on any atom is 0.334 e. The van der Waals surface area contributed by atoms with E-state index in [9.17, 15) is 29.0 Å². The number of hydrogen-bond donors (Lipinski definition) is 3. The molecule has 3 rings (SSSR count). The van der Waals surface area contributed by atoms with Gasteiger partial charge in [0.1, 0.15) is 11.7 Å². The highest BCUT2D eigenvalue weighted by atomic mass is 19.1. The third-order valence-electron chi connectivity index (χ3n) is 4.96. The standard InChI is InChI=1S/C18H18FNO5/c19-11-7-5-9(6-8-11)12-13(17(22)23)15(10-3-1-2-4-10)20-16(21)14(12)18(24)25/h5-8,10,12,14H,1-4H2,(H,20,21)(H,22,23)(H,24,25).